The summed E-state index contributed by atoms with van der Waals surface area (Å²) in [4.78, 5) is 31.8. The van der Waals surface area contributed by atoms with Crippen LogP contribution in [0, 0.1) is 0 Å². The van der Waals surface area contributed by atoms with Gasteiger partial charge in [-0.2, -0.15) is 0 Å². The monoisotopic (exact) mass is 418 g/mol. The first-order chi connectivity index (χ1) is 15.1. The predicted molar refractivity (Wildman–Crippen MR) is 124 cm³/mol. The standard InChI is InChI=1S/C25H30N4O2/c1-3-16-28(17-4-2)25(31)19-29-22-13-9-8-12-21(22)27-23(29)18-26-24(30)15-14-20-10-6-5-7-11-20/h5-15H,3-4,16-19H2,1-2H3,(H,26,30)/b15-14-. The van der Waals surface area contributed by atoms with Crippen molar-refractivity contribution in [3.05, 3.63) is 72.1 Å². The second kappa shape index (κ2) is 11.1. The third kappa shape index (κ3) is 6.04. The molecule has 3 aromatic rings. The maximum absolute atomic E-state index is 13.0. The van der Waals surface area contributed by atoms with Crippen molar-refractivity contribution in [3.63, 3.8) is 0 Å². The molecule has 0 unspecified atom stereocenters. The van der Waals surface area contributed by atoms with Crippen LogP contribution >= 0.6 is 0 Å². The highest BCUT2D eigenvalue weighted by Gasteiger charge is 2.17. The highest BCUT2D eigenvalue weighted by atomic mass is 16.2. The van der Waals surface area contributed by atoms with E-state index in [9.17, 15) is 9.59 Å². The number of nitrogens with zero attached hydrogens (tertiary/aromatic N) is 3. The Hall–Kier alpha value is -3.41. The molecule has 0 atom stereocenters. The van der Waals surface area contributed by atoms with Crippen LogP contribution in [0.5, 0.6) is 0 Å². The number of carbonyl (C=O) groups is 2. The van der Waals surface area contributed by atoms with Gasteiger partial charge in [0.05, 0.1) is 17.6 Å². The van der Waals surface area contributed by atoms with Crippen LogP contribution in [0.15, 0.2) is 60.7 Å². The smallest absolute Gasteiger partial charge is 0.244 e. The van der Waals surface area contributed by atoms with Crippen LogP contribution in [0.3, 0.4) is 0 Å². The number of carbonyl (C=O) groups excluding carboxylic acids is 2. The van der Waals surface area contributed by atoms with Gasteiger partial charge in [0.25, 0.3) is 0 Å². The van der Waals surface area contributed by atoms with E-state index in [1.54, 1.807) is 6.08 Å². The van der Waals surface area contributed by atoms with Crippen LogP contribution in [0.2, 0.25) is 0 Å². The number of hydrogen-bond acceptors (Lipinski definition) is 3. The molecule has 0 saturated carbocycles. The molecule has 0 bridgehead atoms. The Morgan fingerprint density at radius 2 is 1.68 bits per heavy atom. The average Bonchev–Trinajstić information content (AvgIpc) is 3.14. The van der Waals surface area contributed by atoms with E-state index in [4.69, 9.17) is 0 Å². The normalized spacial score (nSPS) is 11.2. The van der Waals surface area contributed by atoms with Gasteiger partial charge < -0.3 is 14.8 Å². The zero-order valence-corrected chi connectivity index (χ0v) is 18.3. The minimum Gasteiger partial charge on any atom is -0.345 e. The minimum atomic E-state index is -0.202. The van der Waals surface area contributed by atoms with Gasteiger partial charge in [0.2, 0.25) is 11.8 Å². The summed E-state index contributed by atoms with van der Waals surface area (Å²) in [6.07, 6.45) is 5.13. The Bertz CT molecular complexity index is 1030. The summed E-state index contributed by atoms with van der Waals surface area (Å²) in [7, 11) is 0. The Balaban J connectivity index is 1.75. The lowest BCUT2D eigenvalue weighted by atomic mass is 10.2. The molecule has 0 aliphatic rings. The molecule has 6 heteroatoms. The van der Waals surface area contributed by atoms with Crippen molar-refractivity contribution in [3.8, 4) is 0 Å². The Morgan fingerprint density at radius 1 is 1.00 bits per heavy atom. The molecule has 0 radical (unpaired) electrons. The predicted octanol–water partition coefficient (Wildman–Crippen LogP) is 4.01. The summed E-state index contributed by atoms with van der Waals surface area (Å²) >= 11 is 0. The molecule has 2 amide bonds. The fourth-order valence-corrected chi connectivity index (χ4v) is 3.53. The molecule has 1 heterocycles. The molecule has 1 aromatic heterocycles. The van der Waals surface area contributed by atoms with Crippen LogP contribution in [-0.4, -0.2) is 39.4 Å². The van der Waals surface area contributed by atoms with Crippen LogP contribution in [-0.2, 0) is 22.7 Å². The number of benzene rings is 2. The SMILES string of the molecule is CCCN(CCC)C(=O)Cn1c(CNC(=O)/C=C\c2ccccc2)nc2ccccc21. The van der Waals surface area contributed by atoms with Gasteiger partial charge in [-0.1, -0.05) is 56.3 Å². The van der Waals surface area contributed by atoms with E-state index in [-0.39, 0.29) is 24.9 Å². The number of rotatable bonds is 10. The molecule has 0 aliphatic carbocycles. The van der Waals surface area contributed by atoms with Crippen LogP contribution in [0.1, 0.15) is 38.1 Å². The van der Waals surface area contributed by atoms with Crippen molar-refractivity contribution < 1.29 is 9.59 Å². The van der Waals surface area contributed by atoms with Gasteiger partial charge in [0.15, 0.2) is 0 Å². The second-order valence-electron chi connectivity index (χ2n) is 7.45. The Kier molecular flexibility index (Phi) is 7.98. The maximum atomic E-state index is 13.0. The molecule has 1 N–H and O–H groups in total. The first kappa shape index (κ1) is 22.3. The fourth-order valence-electron chi connectivity index (χ4n) is 3.53. The molecule has 31 heavy (non-hydrogen) atoms. The van der Waals surface area contributed by atoms with Crippen molar-refractivity contribution in [2.24, 2.45) is 0 Å². The second-order valence-corrected chi connectivity index (χ2v) is 7.45. The van der Waals surface area contributed by atoms with Crippen molar-refractivity contribution in [1.29, 1.82) is 0 Å². The topological polar surface area (TPSA) is 67.2 Å². The number of para-hydroxylation sites is 2. The Morgan fingerprint density at radius 3 is 2.39 bits per heavy atom. The van der Waals surface area contributed by atoms with Crippen LogP contribution in [0.4, 0.5) is 0 Å². The molecular weight excluding hydrogens is 388 g/mol. The van der Waals surface area contributed by atoms with E-state index < -0.39 is 0 Å². The number of aromatic nitrogens is 2. The number of hydrogen-bond donors (Lipinski definition) is 1. The molecule has 0 fully saturated rings. The zero-order chi connectivity index (χ0) is 22.1. The van der Waals surface area contributed by atoms with E-state index in [1.165, 1.54) is 6.08 Å². The van der Waals surface area contributed by atoms with Gasteiger partial charge in [-0.3, -0.25) is 9.59 Å². The summed E-state index contributed by atoms with van der Waals surface area (Å²) in [5.74, 6) is 0.541. The van der Waals surface area contributed by atoms with Crippen LogP contribution in [0.25, 0.3) is 17.1 Å². The number of amides is 2. The maximum Gasteiger partial charge on any atom is 0.244 e. The van der Waals surface area contributed by atoms with Gasteiger partial charge >= 0.3 is 0 Å². The summed E-state index contributed by atoms with van der Waals surface area (Å²) in [5, 5.41) is 2.89. The van der Waals surface area contributed by atoms with Gasteiger partial charge in [-0.15, -0.1) is 0 Å². The molecule has 2 aromatic carbocycles. The summed E-state index contributed by atoms with van der Waals surface area (Å²) in [5.41, 5.74) is 2.67. The molecule has 0 saturated heterocycles. The van der Waals surface area contributed by atoms with E-state index in [2.05, 4.69) is 24.1 Å². The molecule has 0 aliphatic heterocycles. The first-order valence-electron chi connectivity index (χ1n) is 10.8. The van der Waals surface area contributed by atoms with Crippen LogP contribution < -0.4 is 5.32 Å². The van der Waals surface area contributed by atoms with Gasteiger partial charge in [-0.25, -0.2) is 4.98 Å². The lowest BCUT2D eigenvalue weighted by Gasteiger charge is -2.22. The number of fused-ring (bicyclic) bond motifs is 1. The highest BCUT2D eigenvalue weighted by molar-refractivity contribution is 5.91. The molecule has 162 valence electrons. The molecule has 6 nitrogen and oxygen atoms in total. The lowest BCUT2D eigenvalue weighted by Crippen LogP contribution is -2.35. The first-order valence-corrected chi connectivity index (χ1v) is 10.8. The van der Waals surface area contributed by atoms with Crippen molar-refractivity contribution in [2.45, 2.75) is 39.8 Å². The largest absolute Gasteiger partial charge is 0.345 e. The summed E-state index contributed by atoms with van der Waals surface area (Å²) in [6.45, 7) is 6.11. The summed E-state index contributed by atoms with van der Waals surface area (Å²) in [6, 6.07) is 17.4. The Labute approximate surface area is 183 Å². The van der Waals surface area contributed by atoms with Crippen molar-refractivity contribution in [2.75, 3.05) is 13.1 Å². The zero-order valence-electron chi connectivity index (χ0n) is 18.3. The van der Waals surface area contributed by atoms with Gasteiger partial charge in [0, 0.05) is 19.2 Å². The van der Waals surface area contributed by atoms with Gasteiger partial charge in [-0.05, 0) is 36.6 Å². The van der Waals surface area contributed by atoms with Crippen molar-refractivity contribution in [1.82, 2.24) is 19.8 Å². The number of nitrogens with one attached hydrogen (secondary N) is 1. The average molecular weight is 419 g/mol. The molecule has 3 rings (SSSR count). The van der Waals surface area contributed by atoms with Gasteiger partial charge in [0.1, 0.15) is 12.4 Å². The van der Waals surface area contributed by atoms with Crippen molar-refractivity contribution >= 4 is 28.9 Å². The lowest BCUT2D eigenvalue weighted by molar-refractivity contribution is -0.131. The van der Waals surface area contributed by atoms with E-state index in [1.807, 2.05) is 64.1 Å². The third-order valence-electron chi connectivity index (χ3n) is 5.01. The van der Waals surface area contributed by atoms with E-state index in [0.29, 0.717) is 5.82 Å². The summed E-state index contributed by atoms with van der Waals surface area (Å²) < 4.78 is 1.91. The minimum absolute atomic E-state index is 0.0726. The highest BCUT2D eigenvalue weighted by Crippen LogP contribution is 2.17. The molecular formula is C25H30N4O2. The quantitative estimate of drug-likeness (QED) is 0.506. The van der Waals surface area contributed by atoms with E-state index in [0.717, 1.165) is 42.5 Å². The third-order valence-corrected chi connectivity index (χ3v) is 5.01. The molecule has 0 spiro atoms. The van der Waals surface area contributed by atoms with E-state index >= 15 is 0 Å². The number of imidazole rings is 1. The fraction of sp³-hybridized carbons (Fsp3) is 0.320.